The summed E-state index contributed by atoms with van der Waals surface area (Å²) < 4.78 is 27.5. The minimum absolute atomic E-state index is 0.0954. The Balaban J connectivity index is 2.08. The molecule has 0 aliphatic carbocycles. The first-order chi connectivity index (χ1) is 18.9. The molecule has 0 spiro atoms. The summed E-state index contributed by atoms with van der Waals surface area (Å²) in [5.74, 6) is -0.754. The lowest BCUT2D eigenvalue weighted by molar-refractivity contribution is -0.140. The second kappa shape index (κ2) is 14.3. The maximum Gasteiger partial charge on any atom is 0.244 e. The minimum atomic E-state index is -3.86. The van der Waals surface area contributed by atoms with Crippen molar-refractivity contribution >= 4 is 66.7 Å². The molecule has 3 aromatic carbocycles. The van der Waals surface area contributed by atoms with Crippen LogP contribution in [0.5, 0.6) is 0 Å². The van der Waals surface area contributed by atoms with Crippen molar-refractivity contribution in [2.75, 3.05) is 23.7 Å². The minimum Gasteiger partial charge on any atom is -0.354 e. The van der Waals surface area contributed by atoms with Crippen LogP contribution in [-0.4, -0.2) is 50.5 Å². The van der Waals surface area contributed by atoms with Crippen LogP contribution in [0.15, 0.2) is 77.3 Å². The third-order valence-corrected chi connectivity index (χ3v) is 8.52. The molecule has 214 valence electrons. The number of hydrogen-bond acceptors (Lipinski definition) is 4. The number of amides is 2. The molecule has 2 amide bonds. The predicted octanol–water partition coefficient (Wildman–Crippen LogP) is 5.93. The summed E-state index contributed by atoms with van der Waals surface area (Å²) in [5.41, 5.74) is 1.62. The van der Waals surface area contributed by atoms with Crippen molar-refractivity contribution in [2.24, 2.45) is 5.92 Å². The first-order valence-electron chi connectivity index (χ1n) is 12.6. The van der Waals surface area contributed by atoms with Gasteiger partial charge in [-0.25, -0.2) is 8.42 Å². The van der Waals surface area contributed by atoms with Gasteiger partial charge in [0.25, 0.3) is 0 Å². The Hall–Kier alpha value is -2.59. The number of halogens is 3. The fraction of sp³-hybridized carbons (Fsp3) is 0.310. The summed E-state index contributed by atoms with van der Waals surface area (Å²) in [6.07, 6.45) is 1.24. The van der Waals surface area contributed by atoms with Gasteiger partial charge in [0, 0.05) is 39.6 Å². The van der Waals surface area contributed by atoms with Crippen molar-refractivity contribution in [1.29, 1.82) is 0 Å². The normalized spacial score (nSPS) is 12.2. The summed E-state index contributed by atoms with van der Waals surface area (Å²) in [6, 6.07) is 19.9. The molecular weight excluding hydrogens is 637 g/mol. The average molecular weight is 669 g/mol. The number of anilines is 1. The number of rotatable bonds is 12. The Morgan fingerprint density at radius 2 is 1.52 bits per heavy atom. The van der Waals surface area contributed by atoms with Crippen molar-refractivity contribution in [3.05, 3.63) is 98.4 Å². The molecule has 0 saturated heterocycles. The van der Waals surface area contributed by atoms with Crippen molar-refractivity contribution in [1.82, 2.24) is 10.2 Å². The third-order valence-electron chi connectivity index (χ3n) is 6.14. The van der Waals surface area contributed by atoms with Gasteiger partial charge in [-0.05, 0) is 47.9 Å². The number of sulfonamides is 1. The summed E-state index contributed by atoms with van der Waals surface area (Å²) in [4.78, 5) is 29.1. The Morgan fingerprint density at radius 3 is 2.08 bits per heavy atom. The number of carbonyl (C=O) groups is 2. The number of carbonyl (C=O) groups excluding carboxylic acids is 2. The van der Waals surface area contributed by atoms with E-state index in [9.17, 15) is 18.0 Å². The van der Waals surface area contributed by atoms with Gasteiger partial charge >= 0.3 is 0 Å². The van der Waals surface area contributed by atoms with E-state index >= 15 is 0 Å². The molecule has 0 radical (unpaired) electrons. The largest absolute Gasteiger partial charge is 0.354 e. The Bertz CT molecular complexity index is 1400. The Morgan fingerprint density at radius 1 is 0.925 bits per heavy atom. The van der Waals surface area contributed by atoms with Gasteiger partial charge in [-0.3, -0.25) is 13.9 Å². The first-order valence-corrected chi connectivity index (χ1v) is 16.0. The molecule has 3 rings (SSSR count). The molecule has 0 heterocycles. The van der Waals surface area contributed by atoms with E-state index < -0.39 is 28.5 Å². The monoisotopic (exact) mass is 667 g/mol. The summed E-state index contributed by atoms with van der Waals surface area (Å²) in [7, 11) is -3.86. The van der Waals surface area contributed by atoms with E-state index in [1.807, 2.05) is 44.2 Å². The highest BCUT2D eigenvalue weighted by atomic mass is 79.9. The lowest BCUT2D eigenvalue weighted by atomic mass is 10.0. The highest BCUT2D eigenvalue weighted by molar-refractivity contribution is 9.10. The standard InChI is InChI=1S/C29H32BrCl2N3O4S/c1-20(2)17-33-29(37)27(16-21-8-5-4-6-9-21)34(18-24-25(31)10-7-11-26(24)32)28(36)19-35(40(3,38)39)23-14-12-22(30)13-15-23/h4-15,20,27H,16-19H2,1-3H3,(H,33,37)/t27-/m1/s1. The fourth-order valence-corrected chi connectivity index (χ4v) is 5.68. The van der Waals surface area contributed by atoms with Crippen molar-refractivity contribution in [3.63, 3.8) is 0 Å². The molecule has 11 heteroatoms. The van der Waals surface area contributed by atoms with Gasteiger partial charge in [0.2, 0.25) is 21.8 Å². The lowest BCUT2D eigenvalue weighted by Crippen LogP contribution is -2.53. The van der Waals surface area contributed by atoms with Crippen molar-refractivity contribution < 1.29 is 18.0 Å². The van der Waals surface area contributed by atoms with Gasteiger partial charge in [0.05, 0.1) is 11.9 Å². The van der Waals surface area contributed by atoms with Gasteiger partial charge in [0.15, 0.2) is 0 Å². The third kappa shape index (κ3) is 8.96. The van der Waals surface area contributed by atoms with E-state index in [0.29, 0.717) is 27.8 Å². The number of nitrogens with zero attached hydrogens (tertiary/aromatic N) is 2. The van der Waals surface area contributed by atoms with Crippen molar-refractivity contribution in [2.45, 2.75) is 32.9 Å². The SMILES string of the molecule is CC(C)CNC(=O)[C@@H](Cc1ccccc1)N(Cc1c(Cl)cccc1Cl)C(=O)CN(c1ccc(Br)cc1)S(C)(=O)=O. The van der Waals surface area contributed by atoms with E-state index in [0.717, 1.165) is 20.6 Å². The molecule has 40 heavy (non-hydrogen) atoms. The molecular formula is C29H32BrCl2N3O4S. The average Bonchev–Trinajstić information content (AvgIpc) is 2.89. The second-order valence-corrected chi connectivity index (χ2v) is 13.4. The lowest BCUT2D eigenvalue weighted by Gasteiger charge is -2.34. The van der Waals surface area contributed by atoms with Crippen molar-refractivity contribution in [3.8, 4) is 0 Å². The summed E-state index contributed by atoms with van der Waals surface area (Å²) >= 11 is 16.3. The predicted molar refractivity (Wildman–Crippen MR) is 165 cm³/mol. The second-order valence-electron chi connectivity index (χ2n) is 9.81. The maximum absolute atomic E-state index is 14.1. The van der Waals surface area contributed by atoms with Crippen LogP contribution in [0.25, 0.3) is 0 Å². The van der Waals surface area contributed by atoms with Gasteiger partial charge in [0.1, 0.15) is 12.6 Å². The zero-order valence-corrected chi connectivity index (χ0v) is 26.4. The fourth-order valence-electron chi connectivity index (χ4n) is 4.05. The smallest absolute Gasteiger partial charge is 0.244 e. The van der Waals surface area contributed by atoms with E-state index in [1.54, 1.807) is 42.5 Å². The van der Waals surface area contributed by atoms with Gasteiger partial charge in [-0.15, -0.1) is 0 Å². The molecule has 0 bridgehead atoms. The van der Waals surface area contributed by atoms with Crippen LogP contribution in [0.2, 0.25) is 10.0 Å². The number of nitrogens with one attached hydrogen (secondary N) is 1. The molecule has 0 aliphatic rings. The Kier molecular flexibility index (Phi) is 11.5. The van der Waals surface area contributed by atoms with Crippen LogP contribution in [0.4, 0.5) is 5.69 Å². The van der Waals surface area contributed by atoms with E-state index in [-0.39, 0.29) is 24.8 Å². The van der Waals surface area contributed by atoms with Crippen LogP contribution < -0.4 is 9.62 Å². The van der Waals surface area contributed by atoms with Gasteiger partial charge < -0.3 is 10.2 Å². The summed E-state index contributed by atoms with van der Waals surface area (Å²) in [5, 5.41) is 3.60. The highest BCUT2D eigenvalue weighted by Crippen LogP contribution is 2.28. The molecule has 1 N–H and O–H groups in total. The zero-order valence-electron chi connectivity index (χ0n) is 22.5. The van der Waals surface area contributed by atoms with Gasteiger partial charge in [-0.2, -0.15) is 0 Å². The molecule has 0 aromatic heterocycles. The van der Waals surface area contributed by atoms with E-state index in [2.05, 4.69) is 21.2 Å². The van der Waals surface area contributed by atoms with Gasteiger partial charge in [-0.1, -0.05) is 89.4 Å². The van der Waals surface area contributed by atoms with Crippen LogP contribution in [0.3, 0.4) is 0 Å². The molecule has 3 aromatic rings. The van der Waals surface area contributed by atoms with E-state index in [1.165, 1.54) is 4.90 Å². The molecule has 0 saturated carbocycles. The number of hydrogen-bond donors (Lipinski definition) is 1. The topological polar surface area (TPSA) is 86.8 Å². The molecule has 0 fully saturated rings. The summed E-state index contributed by atoms with van der Waals surface area (Å²) in [6.45, 7) is 3.74. The van der Waals surface area contributed by atoms with Crippen LogP contribution in [0.1, 0.15) is 25.0 Å². The number of benzene rings is 3. The zero-order chi connectivity index (χ0) is 29.4. The highest BCUT2D eigenvalue weighted by Gasteiger charge is 2.33. The van der Waals surface area contributed by atoms with Crippen LogP contribution >= 0.6 is 39.1 Å². The molecule has 7 nitrogen and oxygen atoms in total. The van der Waals surface area contributed by atoms with Crippen LogP contribution in [-0.2, 0) is 32.6 Å². The first kappa shape index (κ1) is 31.9. The molecule has 0 aliphatic heterocycles. The molecule has 0 unspecified atom stereocenters. The van der Waals surface area contributed by atoms with Crippen LogP contribution in [0, 0.1) is 5.92 Å². The maximum atomic E-state index is 14.1. The van der Waals surface area contributed by atoms with E-state index in [4.69, 9.17) is 23.2 Å². The molecule has 1 atom stereocenters. The quantitative estimate of drug-likeness (QED) is 0.259. The Labute approximate surface area is 254 Å².